The molecule has 0 aliphatic carbocycles. The van der Waals surface area contributed by atoms with Gasteiger partial charge in [-0.15, -0.1) is 0 Å². The minimum absolute atomic E-state index is 0.0578. The average molecular weight is 709 g/mol. The summed E-state index contributed by atoms with van der Waals surface area (Å²) in [5.41, 5.74) is -1.83. The molecule has 0 bridgehead atoms. The third-order valence-electron chi connectivity index (χ3n) is 8.02. The second-order valence-electron chi connectivity index (χ2n) is 15.1. The monoisotopic (exact) mass is 708 g/mol. The summed E-state index contributed by atoms with van der Waals surface area (Å²) in [5.74, 6) is -3.29. The van der Waals surface area contributed by atoms with Crippen LogP contribution >= 0.6 is 0 Å². The molecular formula is C32H64O11Si3. The van der Waals surface area contributed by atoms with Crippen LogP contribution in [0.4, 0.5) is 0 Å². The maximum atomic E-state index is 13.2. The van der Waals surface area contributed by atoms with Gasteiger partial charge in [0.1, 0.15) is 6.61 Å². The molecule has 0 aliphatic heterocycles. The first-order valence-electron chi connectivity index (χ1n) is 16.4. The zero-order valence-electron chi connectivity index (χ0n) is 31.2. The molecule has 0 spiro atoms. The molecule has 0 radical (unpaired) electrons. The van der Waals surface area contributed by atoms with E-state index in [-0.39, 0.29) is 45.1 Å². The van der Waals surface area contributed by atoms with Crippen LogP contribution in [0.3, 0.4) is 0 Å². The van der Waals surface area contributed by atoms with Crippen molar-refractivity contribution in [3.05, 3.63) is 0 Å². The van der Waals surface area contributed by atoms with E-state index in [0.29, 0.717) is 19.3 Å². The SMILES string of the molecule is CCC(C)(CC(CC(CCC(C)(C)C(=O)OCCC[Si](C)(C)O[Si](C)(C)O[Si](C)(C)C)C(=O)OCCOC)C(=O)OC)C(=O)OC. The lowest BCUT2D eigenvalue weighted by Crippen LogP contribution is -2.51. The number of rotatable bonds is 23. The van der Waals surface area contributed by atoms with E-state index in [1.165, 1.54) is 21.3 Å². The number of carbonyl (C=O) groups is 4. The predicted octanol–water partition coefficient (Wildman–Crippen LogP) is 6.47. The molecule has 0 heterocycles. The van der Waals surface area contributed by atoms with Crippen molar-refractivity contribution in [2.75, 3.05) is 41.2 Å². The van der Waals surface area contributed by atoms with Crippen molar-refractivity contribution >= 4 is 49.1 Å². The van der Waals surface area contributed by atoms with Crippen molar-refractivity contribution in [1.82, 2.24) is 0 Å². The first kappa shape index (κ1) is 44.4. The van der Waals surface area contributed by atoms with Gasteiger partial charge in [-0.1, -0.05) is 6.92 Å². The molecule has 14 heteroatoms. The minimum Gasteiger partial charge on any atom is -0.469 e. The first-order valence-corrected chi connectivity index (χ1v) is 25.7. The normalized spacial score (nSPS) is 15.3. The van der Waals surface area contributed by atoms with E-state index in [9.17, 15) is 19.2 Å². The van der Waals surface area contributed by atoms with Gasteiger partial charge in [-0.25, -0.2) is 0 Å². The van der Waals surface area contributed by atoms with E-state index >= 15 is 0 Å². The molecule has 0 aromatic carbocycles. The molecule has 46 heavy (non-hydrogen) atoms. The maximum Gasteiger partial charge on any atom is 0.311 e. The molecule has 3 atom stereocenters. The fourth-order valence-corrected chi connectivity index (χ4v) is 18.7. The van der Waals surface area contributed by atoms with Gasteiger partial charge in [0.25, 0.3) is 0 Å². The van der Waals surface area contributed by atoms with Crippen LogP contribution in [0.15, 0.2) is 0 Å². The molecular weight excluding hydrogens is 645 g/mol. The Kier molecular flexibility index (Phi) is 18.7. The molecule has 0 saturated heterocycles. The van der Waals surface area contributed by atoms with Gasteiger partial charge in [-0.05, 0) is 111 Å². The van der Waals surface area contributed by atoms with Gasteiger partial charge in [-0.2, -0.15) is 0 Å². The summed E-state index contributed by atoms with van der Waals surface area (Å²) in [6.07, 6.45) is 1.95. The topological polar surface area (TPSA) is 133 Å². The van der Waals surface area contributed by atoms with Crippen LogP contribution in [-0.4, -0.2) is 90.2 Å². The second kappa shape index (κ2) is 19.4. The lowest BCUT2D eigenvalue weighted by atomic mass is 9.75. The Morgan fingerprint density at radius 2 is 1.33 bits per heavy atom. The lowest BCUT2D eigenvalue weighted by molar-refractivity contribution is -0.159. The molecule has 0 N–H and O–H groups in total. The highest BCUT2D eigenvalue weighted by Gasteiger charge is 2.41. The first-order chi connectivity index (χ1) is 21.0. The Hall–Kier alpha value is -1.59. The molecule has 0 aromatic heterocycles. The molecule has 270 valence electrons. The third-order valence-corrected chi connectivity index (χ3v) is 18.2. The van der Waals surface area contributed by atoms with Crippen LogP contribution in [0.25, 0.3) is 0 Å². The van der Waals surface area contributed by atoms with Crippen LogP contribution in [0.5, 0.6) is 0 Å². The summed E-state index contributed by atoms with van der Waals surface area (Å²) in [4.78, 5) is 51.8. The molecule has 11 nitrogen and oxygen atoms in total. The molecule has 0 amide bonds. The van der Waals surface area contributed by atoms with Gasteiger partial charge in [0.05, 0.1) is 50.1 Å². The number of esters is 4. The summed E-state index contributed by atoms with van der Waals surface area (Å²) in [6, 6.07) is 0.832. The summed E-state index contributed by atoms with van der Waals surface area (Å²) in [5, 5.41) is 0. The van der Waals surface area contributed by atoms with Gasteiger partial charge >= 0.3 is 32.4 Å². The van der Waals surface area contributed by atoms with Crippen molar-refractivity contribution in [3.63, 3.8) is 0 Å². The van der Waals surface area contributed by atoms with E-state index < -0.39 is 65.8 Å². The smallest absolute Gasteiger partial charge is 0.311 e. The van der Waals surface area contributed by atoms with E-state index in [0.717, 1.165) is 6.04 Å². The largest absolute Gasteiger partial charge is 0.469 e. The van der Waals surface area contributed by atoms with Gasteiger partial charge < -0.3 is 31.9 Å². The number of ether oxygens (including phenoxy) is 5. The van der Waals surface area contributed by atoms with Crippen molar-refractivity contribution in [1.29, 1.82) is 0 Å². The zero-order valence-corrected chi connectivity index (χ0v) is 34.2. The molecule has 0 aliphatic rings. The molecule has 0 fully saturated rings. The predicted molar refractivity (Wildman–Crippen MR) is 185 cm³/mol. The van der Waals surface area contributed by atoms with Crippen LogP contribution in [0.2, 0.25) is 51.9 Å². The highest BCUT2D eigenvalue weighted by molar-refractivity contribution is 6.87. The van der Waals surface area contributed by atoms with Crippen LogP contribution < -0.4 is 0 Å². The van der Waals surface area contributed by atoms with Gasteiger partial charge in [0.2, 0.25) is 0 Å². The van der Waals surface area contributed by atoms with E-state index in [1.54, 1.807) is 20.8 Å². The summed E-state index contributed by atoms with van der Waals surface area (Å²) in [6.45, 7) is 22.7. The van der Waals surface area contributed by atoms with Gasteiger partial charge in [-0.3, -0.25) is 19.2 Å². The fourth-order valence-electron chi connectivity index (χ4n) is 5.58. The Balaban J connectivity index is 5.53. The maximum absolute atomic E-state index is 13.2. The number of carbonyl (C=O) groups excluding carboxylic acids is 4. The molecule has 3 unspecified atom stereocenters. The Bertz CT molecular complexity index is 979. The number of hydrogen-bond acceptors (Lipinski definition) is 11. The average Bonchev–Trinajstić information content (AvgIpc) is 2.93. The number of methoxy groups -OCH3 is 3. The van der Waals surface area contributed by atoms with E-state index in [4.69, 9.17) is 31.9 Å². The highest BCUT2D eigenvalue weighted by Crippen LogP contribution is 2.37. The van der Waals surface area contributed by atoms with Crippen LogP contribution in [0.1, 0.15) is 66.2 Å². The minimum atomic E-state index is -2.25. The summed E-state index contributed by atoms with van der Waals surface area (Å²) < 4.78 is 39.1. The zero-order chi connectivity index (χ0) is 36.0. The molecule has 0 aromatic rings. The second-order valence-corrected chi connectivity index (χ2v) is 27.7. The van der Waals surface area contributed by atoms with Gasteiger partial charge in [0, 0.05) is 7.11 Å². The fraction of sp³-hybridized carbons (Fsp3) is 0.875. The van der Waals surface area contributed by atoms with E-state index in [1.807, 2.05) is 6.92 Å². The highest BCUT2D eigenvalue weighted by atomic mass is 28.5. The summed E-state index contributed by atoms with van der Waals surface area (Å²) in [7, 11) is -1.91. The Labute approximate surface area is 281 Å². The van der Waals surface area contributed by atoms with E-state index in [2.05, 4.69) is 45.8 Å². The third kappa shape index (κ3) is 17.0. The lowest BCUT2D eigenvalue weighted by Gasteiger charge is -2.37. The van der Waals surface area contributed by atoms with Crippen LogP contribution in [-0.2, 0) is 51.1 Å². The quantitative estimate of drug-likeness (QED) is 0.0501. The van der Waals surface area contributed by atoms with Crippen molar-refractivity contribution < 1.29 is 51.1 Å². The van der Waals surface area contributed by atoms with Crippen molar-refractivity contribution in [3.8, 4) is 0 Å². The molecule has 0 rings (SSSR count). The number of hydrogen-bond donors (Lipinski definition) is 0. The Morgan fingerprint density at radius 3 is 1.83 bits per heavy atom. The standard InChI is InChI=1S/C32H64O11Si3/c1-15-32(4,30(36)39-7)24-26(27(33)38-6)23-25(28(34)40-21-20-37-5)17-18-31(2,3)29(35)41-19-16-22-45(11,12)43-46(13,14)42-44(8,9)10/h25-26H,15-24H2,1-14H3. The Morgan fingerprint density at radius 1 is 0.717 bits per heavy atom. The van der Waals surface area contributed by atoms with Crippen LogP contribution in [0, 0.1) is 22.7 Å². The summed E-state index contributed by atoms with van der Waals surface area (Å²) >= 11 is 0. The molecule has 0 saturated carbocycles. The van der Waals surface area contributed by atoms with Gasteiger partial charge in [0.15, 0.2) is 16.6 Å². The van der Waals surface area contributed by atoms with Crippen molar-refractivity contribution in [2.24, 2.45) is 22.7 Å². The van der Waals surface area contributed by atoms with Crippen molar-refractivity contribution in [2.45, 2.75) is 118 Å².